The van der Waals surface area contributed by atoms with Gasteiger partial charge in [-0.1, -0.05) is 6.07 Å². The number of halogens is 2. The number of carbonyl (C=O) groups is 1. The Bertz CT molecular complexity index is 440. The number of aliphatic hydroxyl groups is 1. The number of carbonyl (C=O) groups excluding carboxylic acids is 1. The van der Waals surface area contributed by atoms with Gasteiger partial charge in [0.2, 0.25) is 0 Å². The largest absolute Gasteiger partial charge is 0.469 e. The van der Waals surface area contributed by atoms with Gasteiger partial charge in [-0.2, -0.15) is 0 Å². The van der Waals surface area contributed by atoms with Crippen LogP contribution in [0.15, 0.2) is 18.2 Å². The lowest BCUT2D eigenvalue weighted by atomic mass is 10.0. The Morgan fingerprint density at radius 1 is 1.40 bits per heavy atom. The van der Waals surface area contributed by atoms with E-state index in [0.29, 0.717) is 24.9 Å². The molecule has 112 valence electrons. The van der Waals surface area contributed by atoms with Crippen LogP contribution >= 0.6 is 0 Å². The maximum Gasteiger partial charge on any atom is 0.307 e. The van der Waals surface area contributed by atoms with Gasteiger partial charge >= 0.3 is 5.97 Å². The average molecular weight is 287 g/mol. The van der Waals surface area contributed by atoms with Crippen LogP contribution in [0.5, 0.6) is 0 Å². The number of hydrogen-bond acceptors (Lipinski definition) is 4. The van der Waals surface area contributed by atoms with Crippen LogP contribution in [0.4, 0.5) is 8.78 Å². The molecule has 0 saturated heterocycles. The van der Waals surface area contributed by atoms with Gasteiger partial charge in [0.15, 0.2) is 11.6 Å². The molecule has 0 spiro atoms. The molecule has 20 heavy (non-hydrogen) atoms. The van der Waals surface area contributed by atoms with Crippen LogP contribution in [-0.2, 0) is 16.0 Å². The van der Waals surface area contributed by atoms with E-state index in [0.717, 1.165) is 12.1 Å². The summed E-state index contributed by atoms with van der Waals surface area (Å²) in [5.41, 5.74) is 0.592. The second-order valence-electron chi connectivity index (χ2n) is 4.46. The highest BCUT2D eigenvalue weighted by atomic mass is 19.2. The third-order valence-corrected chi connectivity index (χ3v) is 2.87. The predicted octanol–water partition coefficient (Wildman–Crippen LogP) is 1.41. The van der Waals surface area contributed by atoms with Crippen molar-refractivity contribution < 1.29 is 23.4 Å². The third-order valence-electron chi connectivity index (χ3n) is 2.87. The molecular weight excluding hydrogens is 268 g/mol. The van der Waals surface area contributed by atoms with E-state index in [-0.39, 0.29) is 25.0 Å². The Labute approximate surface area is 116 Å². The van der Waals surface area contributed by atoms with Gasteiger partial charge in [-0.3, -0.25) is 4.79 Å². The van der Waals surface area contributed by atoms with Gasteiger partial charge in [0.05, 0.1) is 13.5 Å². The number of ether oxygens (including phenoxy) is 1. The molecule has 6 heteroatoms. The first-order valence-corrected chi connectivity index (χ1v) is 6.41. The Balaban J connectivity index is 2.66. The fourth-order valence-electron chi connectivity index (χ4n) is 1.84. The number of benzene rings is 1. The van der Waals surface area contributed by atoms with Crippen LogP contribution < -0.4 is 5.32 Å². The van der Waals surface area contributed by atoms with E-state index < -0.39 is 11.6 Å². The highest BCUT2D eigenvalue weighted by Gasteiger charge is 2.15. The molecule has 0 fully saturated rings. The van der Waals surface area contributed by atoms with Crippen molar-refractivity contribution in [3.8, 4) is 0 Å². The van der Waals surface area contributed by atoms with E-state index >= 15 is 0 Å². The normalized spacial score (nSPS) is 12.2. The lowest BCUT2D eigenvalue weighted by Crippen LogP contribution is -2.34. The second-order valence-corrected chi connectivity index (χ2v) is 4.46. The van der Waals surface area contributed by atoms with Crippen molar-refractivity contribution in [3.63, 3.8) is 0 Å². The van der Waals surface area contributed by atoms with Crippen LogP contribution in [0.2, 0.25) is 0 Å². The van der Waals surface area contributed by atoms with E-state index in [1.807, 2.05) is 0 Å². The van der Waals surface area contributed by atoms with Crippen LogP contribution in [0.25, 0.3) is 0 Å². The monoisotopic (exact) mass is 287 g/mol. The maximum atomic E-state index is 13.1. The second kappa shape index (κ2) is 8.60. The molecule has 1 aromatic rings. The number of aliphatic hydroxyl groups excluding tert-OH is 1. The standard InChI is InChI=1S/C14H19F2NO3/c1-20-14(19)9-11(17-5-2-6-18)7-10-3-4-12(15)13(16)8-10/h3-4,8,11,17-18H,2,5-7,9H2,1H3. The lowest BCUT2D eigenvalue weighted by Gasteiger charge is -2.17. The van der Waals surface area contributed by atoms with E-state index in [4.69, 9.17) is 5.11 Å². The van der Waals surface area contributed by atoms with E-state index in [9.17, 15) is 13.6 Å². The average Bonchev–Trinajstić information content (AvgIpc) is 2.43. The lowest BCUT2D eigenvalue weighted by molar-refractivity contribution is -0.141. The Morgan fingerprint density at radius 3 is 2.75 bits per heavy atom. The molecular formula is C14H19F2NO3. The van der Waals surface area contributed by atoms with Gasteiger partial charge in [0, 0.05) is 12.6 Å². The van der Waals surface area contributed by atoms with Gasteiger partial charge in [0.1, 0.15) is 0 Å². The van der Waals surface area contributed by atoms with Crippen molar-refractivity contribution in [2.24, 2.45) is 0 Å². The summed E-state index contributed by atoms with van der Waals surface area (Å²) in [5, 5.41) is 11.8. The van der Waals surface area contributed by atoms with E-state index in [1.54, 1.807) is 0 Å². The number of nitrogens with one attached hydrogen (secondary N) is 1. The van der Waals surface area contributed by atoms with Crippen molar-refractivity contribution in [1.29, 1.82) is 0 Å². The van der Waals surface area contributed by atoms with E-state index in [2.05, 4.69) is 10.1 Å². The van der Waals surface area contributed by atoms with Crippen LogP contribution in [0.1, 0.15) is 18.4 Å². The molecule has 0 aliphatic carbocycles. The van der Waals surface area contributed by atoms with Crippen molar-refractivity contribution in [2.75, 3.05) is 20.3 Å². The molecule has 0 heterocycles. The van der Waals surface area contributed by atoms with Gasteiger partial charge in [-0.15, -0.1) is 0 Å². The molecule has 0 aliphatic rings. The molecule has 0 saturated carbocycles. The summed E-state index contributed by atoms with van der Waals surface area (Å²) < 4.78 is 30.6. The Hall–Kier alpha value is -1.53. The third kappa shape index (κ3) is 5.63. The summed E-state index contributed by atoms with van der Waals surface area (Å²) in [7, 11) is 1.30. The number of methoxy groups -OCH3 is 1. The molecule has 0 aliphatic heterocycles. The summed E-state index contributed by atoms with van der Waals surface area (Å²) in [5.74, 6) is -2.18. The SMILES string of the molecule is COC(=O)CC(Cc1ccc(F)c(F)c1)NCCCO. The Kier molecular flexibility index (Phi) is 7.11. The molecule has 1 unspecified atom stereocenters. The highest BCUT2D eigenvalue weighted by Crippen LogP contribution is 2.12. The summed E-state index contributed by atoms with van der Waals surface area (Å²) in [4.78, 5) is 11.3. The maximum absolute atomic E-state index is 13.1. The first-order chi connectivity index (χ1) is 9.56. The van der Waals surface area contributed by atoms with Gasteiger partial charge in [-0.25, -0.2) is 8.78 Å². The summed E-state index contributed by atoms with van der Waals surface area (Å²) >= 11 is 0. The van der Waals surface area contributed by atoms with Gasteiger partial charge in [0.25, 0.3) is 0 Å². The number of hydrogen-bond donors (Lipinski definition) is 2. The molecule has 1 rings (SSSR count). The first-order valence-electron chi connectivity index (χ1n) is 6.41. The van der Waals surface area contributed by atoms with Crippen molar-refractivity contribution in [2.45, 2.75) is 25.3 Å². The van der Waals surface area contributed by atoms with Gasteiger partial charge in [-0.05, 0) is 37.1 Å². The summed E-state index contributed by atoms with van der Waals surface area (Å²) in [6.45, 7) is 0.574. The number of esters is 1. The van der Waals surface area contributed by atoms with Crippen LogP contribution in [0.3, 0.4) is 0 Å². The van der Waals surface area contributed by atoms with Crippen molar-refractivity contribution in [1.82, 2.24) is 5.32 Å². The minimum Gasteiger partial charge on any atom is -0.469 e. The van der Waals surface area contributed by atoms with Crippen molar-refractivity contribution >= 4 is 5.97 Å². The minimum absolute atomic E-state index is 0.0448. The summed E-state index contributed by atoms with van der Waals surface area (Å²) in [6.07, 6.45) is 1.05. The summed E-state index contributed by atoms with van der Waals surface area (Å²) in [6, 6.07) is 3.41. The first kappa shape index (κ1) is 16.5. The fourth-order valence-corrected chi connectivity index (χ4v) is 1.84. The smallest absolute Gasteiger partial charge is 0.307 e. The van der Waals surface area contributed by atoms with Gasteiger partial charge < -0.3 is 15.2 Å². The predicted molar refractivity (Wildman–Crippen MR) is 70.2 cm³/mol. The minimum atomic E-state index is -0.908. The molecule has 0 radical (unpaired) electrons. The Morgan fingerprint density at radius 2 is 2.15 bits per heavy atom. The zero-order valence-corrected chi connectivity index (χ0v) is 11.4. The topological polar surface area (TPSA) is 58.6 Å². The fraction of sp³-hybridized carbons (Fsp3) is 0.500. The van der Waals surface area contributed by atoms with Crippen LogP contribution in [-0.4, -0.2) is 37.4 Å². The molecule has 2 N–H and O–H groups in total. The van der Waals surface area contributed by atoms with Crippen molar-refractivity contribution in [3.05, 3.63) is 35.4 Å². The number of rotatable bonds is 8. The quantitative estimate of drug-likeness (QED) is 0.561. The molecule has 4 nitrogen and oxygen atoms in total. The van der Waals surface area contributed by atoms with E-state index in [1.165, 1.54) is 13.2 Å². The molecule has 0 amide bonds. The zero-order chi connectivity index (χ0) is 15.0. The molecule has 1 atom stereocenters. The molecule has 1 aromatic carbocycles. The van der Waals surface area contributed by atoms with Crippen LogP contribution in [0, 0.1) is 11.6 Å². The highest BCUT2D eigenvalue weighted by molar-refractivity contribution is 5.70. The zero-order valence-electron chi connectivity index (χ0n) is 11.4. The molecule has 0 aromatic heterocycles. The molecule has 0 bridgehead atoms.